The Morgan fingerprint density at radius 1 is 1.09 bits per heavy atom. The first-order chi connectivity index (χ1) is 15.1. The van der Waals surface area contributed by atoms with Gasteiger partial charge in [0.15, 0.2) is 0 Å². The van der Waals surface area contributed by atoms with E-state index in [0.29, 0.717) is 22.9 Å². The molecule has 0 aliphatic heterocycles. The van der Waals surface area contributed by atoms with Crippen LogP contribution in [0.25, 0.3) is 5.69 Å². The summed E-state index contributed by atoms with van der Waals surface area (Å²) in [6.45, 7) is 8.06. The molecule has 1 heterocycles. The lowest BCUT2D eigenvalue weighted by atomic mass is 9.92. The quantitative estimate of drug-likeness (QED) is 0.563. The average molecular weight is 457 g/mol. The van der Waals surface area contributed by atoms with Gasteiger partial charge in [0.1, 0.15) is 18.2 Å². The van der Waals surface area contributed by atoms with Gasteiger partial charge in [-0.2, -0.15) is 5.10 Å². The van der Waals surface area contributed by atoms with Crippen LogP contribution >= 0.6 is 11.6 Å². The molecule has 1 N–H and O–H groups in total. The van der Waals surface area contributed by atoms with Gasteiger partial charge in [-0.3, -0.25) is 9.59 Å². The maximum absolute atomic E-state index is 13.2. The second-order valence-electron chi connectivity index (χ2n) is 8.43. The highest BCUT2D eigenvalue weighted by molar-refractivity contribution is 6.30. The van der Waals surface area contributed by atoms with Gasteiger partial charge < -0.3 is 10.2 Å². The summed E-state index contributed by atoms with van der Waals surface area (Å²) in [7, 11) is 0. The van der Waals surface area contributed by atoms with Gasteiger partial charge in [-0.1, -0.05) is 32.4 Å². The number of hydrogen-bond donors (Lipinski definition) is 1. The second kappa shape index (κ2) is 9.53. The third-order valence-electron chi connectivity index (χ3n) is 4.91. The first-order valence-electron chi connectivity index (χ1n) is 10.3. The minimum atomic E-state index is -0.424. The van der Waals surface area contributed by atoms with Crippen molar-refractivity contribution in [3.05, 3.63) is 76.7 Å². The lowest BCUT2D eigenvalue weighted by Gasteiger charge is -2.20. The van der Waals surface area contributed by atoms with Crippen molar-refractivity contribution in [1.29, 1.82) is 0 Å². The van der Waals surface area contributed by atoms with Gasteiger partial charge in [0, 0.05) is 28.6 Å². The largest absolute Gasteiger partial charge is 0.330 e. The SMILES string of the molecule is CCN(CC(=O)Nc1cc(C(C)(C)C)nn1-c1ccc(Cl)cc1)C(=O)c1ccc(F)cc1. The average Bonchev–Trinajstić information content (AvgIpc) is 3.17. The van der Waals surface area contributed by atoms with Crippen molar-refractivity contribution in [3.63, 3.8) is 0 Å². The molecule has 0 unspecified atom stereocenters. The van der Waals surface area contributed by atoms with Crippen molar-refractivity contribution in [2.45, 2.75) is 33.1 Å². The number of nitrogens with one attached hydrogen (secondary N) is 1. The van der Waals surface area contributed by atoms with E-state index in [1.54, 1.807) is 23.7 Å². The lowest BCUT2D eigenvalue weighted by molar-refractivity contribution is -0.116. The third kappa shape index (κ3) is 5.53. The molecule has 32 heavy (non-hydrogen) atoms. The van der Waals surface area contributed by atoms with E-state index in [-0.39, 0.29) is 23.8 Å². The summed E-state index contributed by atoms with van der Waals surface area (Å²) in [6.07, 6.45) is 0. The number of rotatable bonds is 6. The zero-order valence-electron chi connectivity index (χ0n) is 18.5. The second-order valence-corrected chi connectivity index (χ2v) is 8.86. The molecule has 2 aromatic carbocycles. The third-order valence-corrected chi connectivity index (χ3v) is 5.16. The maximum atomic E-state index is 13.2. The molecule has 3 rings (SSSR count). The van der Waals surface area contributed by atoms with Crippen molar-refractivity contribution >= 4 is 29.2 Å². The number of carbonyl (C=O) groups is 2. The maximum Gasteiger partial charge on any atom is 0.254 e. The number of hydrogen-bond acceptors (Lipinski definition) is 3. The normalized spacial score (nSPS) is 11.3. The number of aromatic nitrogens is 2. The van der Waals surface area contributed by atoms with Gasteiger partial charge in [0.2, 0.25) is 5.91 Å². The van der Waals surface area contributed by atoms with E-state index in [9.17, 15) is 14.0 Å². The Hall–Kier alpha value is -3.19. The van der Waals surface area contributed by atoms with Crippen LogP contribution in [-0.2, 0) is 10.2 Å². The first-order valence-corrected chi connectivity index (χ1v) is 10.7. The highest BCUT2D eigenvalue weighted by atomic mass is 35.5. The summed E-state index contributed by atoms with van der Waals surface area (Å²) in [4.78, 5) is 27.0. The van der Waals surface area contributed by atoms with E-state index in [0.717, 1.165) is 11.4 Å². The van der Waals surface area contributed by atoms with Crippen molar-refractivity contribution in [1.82, 2.24) is 14.7 Å². The standard InChI is InChI=1S/C24H26ClFN4O2/c1-5-29(23(32)16-6-10-18(26)11-7-16)15-22(31)27-21-14-20(24(2,3)4)28-30(21)19-12-8-17(25)9-13-19/h6-14H,5,15H2,1-4H3,(H,27,31). The molecule has 0 atom stereocenters. The molecule has 168 valence electrons. The summed E-state index contributed by atoms with van der Waals surface area (Å²) in [6, 6.07) is 14.2. The Morgan fingerprint density at radius 3 is 2.28 bits per heavy atom. The molecule has 0 aliphatic rings. The minimum absolute atomic E-state index is 0.149. The lowest BCUT2D eigenvalue weighted by Crippen LogP contribution is -2.38. The fraction of sp³-hybridized carbons (Fsp3) is 0.292. The molecule has 8 heteroatoms. The zero-order valence-corrected chi connectivity index (χ0v) is 19.3. The predicted octanol–water partition coefficient (Wildman–Crippen LogP) is 5.06. The van der Waals surface area contributed by atoms with Crippen molar-refractivity contribution < 1.29 is 14.0 Å². The van der Waals surface area contributed by atoms with Crippen molar-refractivity contribution in [2.24, 2.45) is 0 Å². The van der Waals surface area contributed by atoms with Gasteiger partial charge in [-0.05, 0) is 55.5 Å². The van der Waals surface area contributed by atoms with Crippen LogP contribution in [-0.4, -0.2) is 39.6 Å². The number of carbonyl (C=O) groups excluding carboxylic acids is 2. The molecule has 3 aromatic rings. The smallest absolute Gasteiger partial charge is 0.254 e. The molecule has 6 nitrogen and oxygen atoms in total. The summed E-state index contributed by atoms with van der Waals surface area (Å²) in [5, 5.41) is 8.14. The summed E-state index contributed by atoms with van der Waals surface area (Å²) in [5.41, 5.74) is 1.64. The molecule has 0 bridgehead atoms. The van der Waals surface area contributed by atoms with E-state index in [1.165, 1.54) is 29.2 Å². The molecule has 0 saturated carbocycles. The molecule has 1 aromatic heterocycles. The molecule has 2 amide bonds. The molecule has 0 spiro atoms. The fourth-order valence-electron chi connectivity index (χ4n) is 3.07. The van der Waals surface area contributed by atoms with Crippen LogP contribution in [0.1, 0.15) is 43.7 Å². The van der Waals surface area contributed by atoms with Crippen LogP contribution in [0.15, 0.2) is 54.6 Å². The van der Waals surface area contributed by atoms with Crippen LogP contribution in [0.5, 0.6) is 0 Å². The molecule has 0 saturated heterocycles. The first kappa shape index (κ1) is 23.5. The number of anilines is 1. The van der Waals surface area contributed by atoms with E-state index >= 15 is 0 Å². The van der Waals surface area contributed by atoms with E-state index in [2.05, 4.69) is 10.4 Å². The Balaban J connectivity index is 1.82. The zero-order chi connectivity index (χ0) is 23.5. The predicted molar refractivity (Wildman–Crippen MR) is 124 cm³/mol. The van der Waals surface area contributed by atoms with Crippen LogP contribution < -0.4 is 5.32 Å². The number of benzene rings is 2. The van der Waals surface area contributed by atoms with Gasteiger partial charge in [0.25, 0.3) is 5.91 Å². The van der Waals surface area contributed by atoms with Gasteiger partial charge in [-0.25, -0.2) is 9.07 Å². The van der Waals surface area contributed by atoms with Crippen molar-refractivity contribution in [2.75, 3.05) is 18.4 Å². The monoisotopic (exact) mass is 456 g/mol. The number of nitrogens with zero attached hydrogens (tertiary/aromatic N) is 3. The Labute approximate surface area is 192 Å². The van der Waals surface area contributed by atoms with Gasteiger partial charge >= 0.3 is 0 Å². The van der Waals surface area contributed by atoms with E-state index in [1.807, 2.05) is 39.0 Å². The Kier molecular flexibility index (Phi) is 6.99. The van der Waals surface area contributed by atoms with E-state index in [4.69, 9.17) is 11.6 Å². The van der Waals surface area contributed by atoms with Gasteiger partial charge in [0.05, 0.1) is 11.4 Å². The number of halogens is 2. The highest BCUT2D eigenvalue weighted by Gasteiger charge is 2.23. The van der Waals surface area contributed by atoms with Crippen LogP contribution in [0, 0.1) is 5.82 Å². The minimum Gasteiger partial charge on any atom is -0.330 e. The summed E-state index contributed by atoms with van der Waals surface area (Å²) >= 11 is 6.01. The summed E-state index contributed by atoms with van der Waals surface area (Å²) < 4.78 is 14.8. The van der Waals surface area contributed by atoms with Crippen LogP contribution in [0.2, 0.25) is 5.02 Å². The molecule has 0 radical (unpaired) electrons. The summed E-state index contributed by atoms with van der Waals surface area (Å²) in [5.74, 6) is -0.637. The molecule has 0 fully saturated rings. The molecular formula is C24H26ClFN4O2. The van der Waals surface area contributed by atoms with Crippen LogP contribution in [0.3, 0.4) is 0 Å². The van der Waals surface area contributed by atoms with Crippen molar-refractivity contribution in [3.8, 4) is 5.69 Å². The molecular weight excluding hydrogens is 431 g/mol. The molecule has 0 aliphatic carbocycles. The number of likely N-dealkylation sites (N-methyl/N-ethyl adjacent to an activating group) is 1. The highest BCUT2D eigenvalue weighted by Crippen LogP contribution is 2.27. The Bertz CT molecular complexity index is 1100. The van der Waals surface area contributed by atoms with Gasteiger partial charge in [-0.15, -0.1) is 0 Å². The fourth-order valence-corrected chi connectivity index (χ4v) is 3.20. The Morgan fingerprint density at radius 2 is 1.72 bits per heavy atom. The number of amides is 2. The van der Waals surface area contributed by atoms with E-state index < -0.39 is 5.82 Å². The van der Waals surface area contributed by atoms with Crippen LogP contribution in [0.4, 0.5) is 10.2 Å². The topological polar surface area (TPSA) is 67.2 Å².